The van der Waals surface area contributed by atoms with Crippen molar-refractivity contribution < 1.29 is 0 Å². The van der Waals surface area contributed by atoms with Crippen LogP contribution in [-0.4, -0.2) is 11.0 Å². The summed E-state index contributed by atoms with van der Waals surface area (Å²) in [6.45, 7) is 7.59. The van der Waals surface area contributed by atoms with E-state index in [0.717, 1.165) is 17.1 Å². The lowest BCUT2D eigenvalue weighted by Crippen LogP contribution is -2.36. The number of hydrogen-bond acceptors (Lipinski definition) is 1. The average molecular weight is 381 g/mol. The van der Waals surface area contributed by atoms with Crippen molar-refractivity contribution in [3.63, 3.8) is 0 Å². The second-order valence-electron chi connectivity index (χ2n) is 10.1. The third-order valence-electron chi connectivity index (χ3n) is 7.54. The Labute approximate surface area is 170 Å². The predicted molar refractivity (Wildman–Crippen MR) is 121 cm³/mol. The van der Waals surface area contributed by atoms with Gasteiger partial charge in [-0.05, 0) is 48.7 Å². The Kier molecular flexibility index (Phi) is 11.1. The summed E-state index contributed by atoms with van der Waals surface area (Å²) in [5, 5.41) is 0.933. The van der Waals surface area contributed by atoms with Crippen LogP contribution in [0.15, 0.2) is 0 Å². The molecule has 2 rings (SSSR count). The summed E-state index contributed by atoms with van der Waals surface area (Å²) in [5.74, 6) is 3.29. The van der Waals surface area contributed by atoms with E-state index in [1.807, 2.05) is 0 Å². The normalized spacial score (nSPS) is 30.9. The van der Waals surface area contributed by atoms with Crippen molar-refractivity contribution in [3.05, 3.63) is 0 Å². The van der Waals surface area contributed by atoms with Crippen LogP contribution in [-0.2, 0) is 0 Å². The Bertz CT molecular complexity index is 332. The van der Waals surface area contributed by atoms with Crippen LogP contribution in [0.4, 0.5) is 0 Å². The van der Waals surface area contributed by atoms with Crippen LogP contribution >= 0.6 is 11.8 Å². The summed E-state index contributed by atoms with van der Waals surface area (Å²) >= 11 is 2.34. The fraction of sp³-hybridized carbons (Fsp3) is 1.00. The van der Waals surface area contributed by atoms with E-state index in [1.54, 1.807) is 0 Å². The molecule has 1 heteroatoms. The molecule has 0 N–H and O–H groups in total. The van der Waals surface area contributed by atoms with Crippen LogP contribution in [0.25, 0.3) is 0 Å². The van der Waals surface area contributed by atoms with Crippen LogP contribution in [0.1, 0.15) is 130 Å². The van der Waals surface area contributed by atoms with Gasteiger partial charge < -0.3 is 0 Å². The number of hydrogen-bond donors (Lipinski definition) is 0. The van der Waals surface area contributed by atoms with Crippen LogP contribution < -0.4 is 0 Å². The van der Waals surface area contributed by atoms with Gasteiger partial charge in [0.05, 0.1) is 0 Å². The standard InChI is InChI=1S/C25H48S/c1-22(2)23-17-20-26-24(21-23)25(3)18-15-13-11-9-7-5-4-6-8-10-12-14-16-19-25/h22-24H,4-21H2,1-3H3/t23-,24?/m0/s1. The zero-order valence-corrected chi connectivity index (χ0v) is 19.2. The van der Waals surface area contributed by atoms with Gasteiger partial charge in [0.15, 0.2) is 0 Å². The minimum Gasteiger partial charge on any atom is -0.158 e. The number of thioether (sulfide) groups is 1. The minimum absolute atomic E-state index is 0.606. The van der Waals surface area contributed by atoms with E-state index < -0.39 is 0 Å². The monoisotopic (exact) mass is 380 g/mol. The molecule has 1 saturated carbocycles. The maximum atomic E-state index is 2.68. The summed E-state index contributed by atoms with van der Waals surface area (Å²) in [6, 6.07) is 0. The third kappa shape index (κ3) is 8.15. The minimum atomic E-state index is 0.606. The lowest BCUT2D eigenvalue weighted by atomic mass is 9.72. The maximum Gasteiger partial charge on any atom is 0.0104 e. The van der Waals surface area contributed by atoms with Gasteiger partial charge >= 0.3 is 0 Å². The zero-order chi connectivity index (χ0) is 18.7. The van der Waals surface area contributed by atoms with E-state index >= 15 is 0 Å². The summed E-state index contributed by atoms with van der Waals surface area (Å²) in [6.07, 6.45) is 25.3. The molecule has 0 spiro atoms. The van der Waals surface area contributed by atoms with E-state index in [0.29, 0.717) is 5.41 Å². The SMILES string of the molecule is CC(C)[C@H]1CCSC(C2(C)CCCCCCCCCCCCCCC2)C1. The fourth-order valence-electron chi connectivity index (χ4n) is 5.36. The molecule has 154 valence electrons. The van der Waals surface area contributed by atoms with Crippen LogP contribution in [0.2, 0.25) is 0 Å². The van der Waals surface area contributed by atoms with Gasteiger partial charge in [0.25, 0.3) is 0 Å². The molecular formula is C25H48S. The summed E-state index contributed by atoms with van der Waals surface area (Å²) < 4.78 is 0. The van der Waals surface area contributed by atoms with Gasteiger partial charge in [-0.3, -0.25) is 0 Å². The quantitative estimate of drug-likeness (QED) is 0.460. The van der Waals surface area contributed by atoms with Gasteiger partial charge in [0.2, 0.25) is 0 Å². The largest absolute Gasteiger partial charge is 0.158 e. The van der Waals surface area contributed by atoms with Crippen molar-refractivity contribution in [2.24, 2.45) is 17.3 Å². The Balaban J connectivity index is 1.90. The molecule has 0 amide bonds. The van der Waals surface area contributed by atoms with Crippen LogP contribution in [0.3, 0.4) is 0 Å². The first kappa shape index (κ1) is 22.6. The maximum absolute atomic E-state index is 2.68. The average Bonchev–Trinajstić information content (AvgIpc) is 2.64. The first-order valence-corrected chi connectivity index (χ1v) is 13.3. The molecule has 1 aliphatic heterocycles. The molecule has 1 aliphatic carbocycles. The highest BCUT2D eigenvalue weighted by atomic mass is 32.2. The molecule has 0 radical (unpaired) electrons. The molecule has 2 atom stereocenters. The van der Waals surface area contributed by atoms with E-state index in [1.165, 1.54) is 115 Å². The van der Waals surface area contributed by atoms with Gasteiger partial charge in [-0.2, -0.15) is 11.8 Å². The molecular weight excluding hydrogens is 332 g/mol. The highest BCUT2D eigenvalue weighted by molar-refractivity contribution is 8.00. The third-order valence-corrected chi connectivity index (χ3v) is 9.18. The lowest BCUT2D eigenvalue weighted by molar-refractivity contribution is 0.199. The molecule has 0 aromatic carbocycles. The van der Waals surface area contributed by atoms with Crippen molar-refractivity contribution in [3.8, 4) is 0 Å². The molecule has 1 heterocycles. The van der Waals surface area contributed by atoms with Gasteiger partial charge in [0, 0.05) is 5.25 Å². The van der Waals surface area contributed by atoms with Gasteiger partial charge in [-0.1, -0.05) is 104 Å². The Morgan fingerprint density at radius 3 is 1.54 bits per heavy atom. The van der Waals surface area contributed by atoms with Crippen LogP contribution in [0, 0.1) is 17.3 Å². The molecule has 2 aliphatic rings. The Hall–Kier alpha value is 0.350. The molecule has 2 fully saturated rings. The first-order valence-electron chi connectivity index (χ1n) is 12.2. The Morgan fingerprint density at radius 2 is 1.12 bits per heavy atom. The molecule has 1 saturated heterocycles. The first-order chi connectivity index (χ1) is 12.6. The lowest BCUT2D eigenvalue weighted by Gasteiger charge is -2.43. The fourth-order valence-corrected chi connectivity index (χ4v) is 7.11. The second-order valence-corrected chi connectivity index (χ2v) is 11.4. The van der Waals surface area contributed by atoms with Crippen molar-refractivity contribution in [2.45, 2.75) is 135 Å². The molecule has 0 aromatic heterocycles. The van der Waals surface area contributed by atoms with Crippen molar-refractivity contribution in [1.29, 1.82) is 0 Å². The van der Waals surface area contributed by atoms with Crippen molar-refractivity contribution in [2.75, 3.05) is 5.75 Å². The summed E-state index contributed by atoms with van der Waals surface area (Å²) in [4.78, 5) is 0. The smallest absolute Gasteiger partial charge is 0.0104 e. The molecule has 0 aromatic rings. The molecule has 0 nitrogen and oxygen atoms in total. The van der Waals surface area contributed by atoms with E-state index in [9.17, 15) is 0 Å². The Morgan fingerprint density at radius 1 is 0.692 bits per heavy atom. The zero-order valence-electron chi connectivity index (χ0n) is 18.4. The summed E-state index contributed by atoms with van der Waals surface area (Å²) in [5.41, 5.74) is 0.606. The molecule has 1 unspecified atom stereocenters. The van der Waals surface area contributed by atoms with Crippen molar-refractivity contribution >= 4 is 11.8 Å². The number of rotatable bonds is 2. The highest BCUT2D eigenvalue weighted by Gasteiger charge is 2.37. The molecule has 26 heavy (non-hydrogen) atoms. The van der Waals surface area contributed by atoms with Crippen LogP contribution in [0.5, 0.6) is 0 Å². The van der Waals surface area contributed by atoms with E-state index in [2.05, 4.69) is 32.5 Å². The molecule has 0 bridgehead atoms. The summed E-state index contributed by atoms with van der Waals surface area (Å²) in [7, 11) is 0. The van der Waals surface area contributed by atoms with E-state index in [4.69, 9.17) is 0 Å². The van der Waals surface area contributed by atoms with Crippen molar-refractivity contribution in [1.82, 2.24) is 0 Å². The van der Waals surface area contributed by atoms with Gasteiger partial charge in [-0.15, -0.1) is 0 Å². The van der Waals surface area contributed by atoms with Gasteiger partial charge in [-0.25, -0.2) is 0 Å². The topological polar surface area (TPSA) is 0 Å². The predicted octanol–water partition coefficient (Wildman–Crippen LogP) is 9.03. The highest BCUT2D eigenvalue weighted by Crippen LogP contribution is 2.48. The van der Waals surface area contributed by atoms with Gasteiger partial charge in [0.1, 0.15) is 0 Å². The second kappa shape index (κ2) is 12.7. The van der Waals surface area contributed by atoms with E-state index in [-0.39, 0.29) is 0 Å².